The smallest absolute Gasteiger partial charge is 0.267 e. The van der Waals surface area contributed by atoms with Crippen LogP contribution in [0.3, 0.4) is 0 Å². The van der Waals surface area contributed by atoms with Crippen LogP contribution in [0.5, 0.6) is 5.75 Å². The fourth-order valence-electron chi connectivity index (χ4n) is 1.45. The van der Waals surface area contributed by atoms with E-state index in [2.05, 4.69) is 0 Å². The summed E-state index contributed by atoms with van der Waals surface area (Å²) in [6.45, 7) is 1.71. The monoisotopic (exact) mass is 229 g/mol. The molecular formula is C11H13F2NO2. The third-order valence-electron chi connectivity index (χ3n) is 2.19. The van der Waals surface area contributed by atoms with Gasteiger partial charge in [0.05, 0.1) is 11.1 Å². The first-order chi connectivity index (χ1) is 7.47. The summed E-state index contributed by atoms with van der Waals surface area (Å²) in [5.74, 6) is -1.07. The maximum absolute atomic E-state index is 12.5. The van der Waals surface area contributed by atoms with Gasteiger partial charge in [-0.25, -0.2) is 8.78 Å². The average Bonchev–Trinajstić information content (AvgIpc) is 2.20. The van der Waals surface area contributed by atoms with E-state index in [0.29, 0.717) is 5.56 Å². The van der Waals surface area contributed by atoms with Crippen molar-refractivity contribution in [1.82, 2.24) is 0 Å². The van der Waals surface area contributed by atoms with E-state index < -0.39 is 23.5 Å². The van der Waals surface area contributed by atoms with Crippen LogP contribution in [-0.2, 0) is 0 Å². The van der Waals surface area contributed by atoms with Crippen LogP contribution >= 0.6 is 0 Å². The zero-order chi connectivity index (χ0) is 12.3. The van der Waals surface area contributed by atoms with Crippen LogP contribution in [0.2, 0.25) is 0 Å². The van der Waals surface area contributed by atoms with Gasteiger partial charge in [0.2, 0.25) is 0 Å². The van der Waals surface area contributed by atoms with Crippen LogP contribution in [0.4, 0.5) is 8.78 Å². The highest BCUT2D eigenvalue weighted by atomic mass is 19.3. The third-order valence-corrected chi connectivity index (χ3v) is 2.19. The normalized spacial score (nSPS) is 10.8. The number of phenols is 1. The summed E-state index contributed by atoms with van der Waals surface area (Å²) in [5.41, 5.74) is 5.11. The number of alkyl halides is 2. The predicted octanol–water partition coefficient (Wildman–Crippen LogP) is 2.17. The lowest BCUT2D eigenvalue weighted by Crippen LogP contribution is -2.09. The molecule has 0 unspecified atom stereocenters. The summed E-state index contributed by atoms with van der Waals surface area (Å²) in [6.07, 6.45) is -2.77. The molecule has 16 heavy (non-hydrogen) atoms. The van der Waals surface area contributed by atoms with Crippen molar-refractivity contribution in [2.45, 2.75) is 19.8 Å². The lowest BCUT2D eigenvalue weighted by atomic mass is 10.0. The molecule has 0 spiro atoms. The van der Waals surface area contributed by atoms with E-state index in [1.165, 1.54) is 12.1 Å². The molecule has 0 heterocycles. The van der Waals surface area contributed by atoms with Crippen molar-refractivity contribution >= 4 is 5.78 Å². The molecule has 0 aliphatic carbocycles. The van der Waals surface area contributed by atoms with Gasteiger partial charge in [0.1, 0.15) is 5.75 Å². The number of carbonyl (C=O) groups is 1. The molecule has 0 radical (unpaired) electrons. The second-order valence-corrected chi connectivity index (χ2v) is 3.51. The molecule has 0 aromatic heterocycles. The van der Waals surface area contributed by atoms with E-state index in [-0.39, 0.29) is 18.5 Å². The summed E-state index contributed by atoms with van der Waals surface area (Å²) < 4.78 is 25.1. The molecular weight excluding hydrogens is 216 g/mol. The number of aryl methyl sites for hydroxylation is 1. The van der Waals surface area contributed by atoms with Crippen molar-refractivity contribution in [1.29, 1.82) is 0 Å². The lowest BCUT2D eigenvalue weighted by Gasteiger charge is -2.09. The summed E-state index contributed by atoms with van der Waals surface area (Å²) in [5, 5.41) is 9.54. The van der Waals surface area contributed by atoms with Crippen LogP contribution in [0.25, 0.3) is 0 Å². The maximum atomic E-state index is 12.5. The quantitative estimate of drug-likeness (QED) is 0.778. The zero-order valence-corrected chi connectivity index (χ0v) is 8.84. The van der Waals surface area contributed by atoms with Crippen molar-refractivity contribution < 1.29 is 18.7 Å². The van der Waals surface area contributed by atoms with Crippen molar-refractivity contribution in [2.24, 2.45) is 5.73 Å². The minimum atomic E-state index is -2.80. The number of hydrogen-bond donors (Lipinski definition) is 2. The Balaban J connectivity index is 3.24. The first-order valence-electron chi connectivity index (χ1n) is 4.82. The van der Waals surface area contributed by atoms with Crippen molar-refractivity contribution in [3.8, 4) is 5.75 Å². The van der Waals surface area contributed by atoms with Gasteiger partial charge in [-0.15, -0.1) is 0 Å². The standard InChI is InChI=1S/C11H13F2NO2/c1-6-4-7(9(15)2-3-14)10(16)8(5-6)11(12)13/h4-5,11,16H,2-3,14H2,1H3. The van der Waals surface area contributed by atoms with Gasteiger partial charge in [-0.1, -0.05) is 0 Å². The Morgan fingerprint density at radius 2 is 2.12 bits per heavy atom. The lowest BCUT2D eigenvalue weighted by molar-refractivity contribution is 0.0981. The van der Waals surface area contributed by atoms with Gasteiger partial charge in [0.25, 0.3) is 6.43 Å². The molecule has 1 aromatic carbocycles. The number of nitrogens with two attached hydrogens (primary N) is 1. The molecule has 0 amide bonds. The number of ketones is 1. The van der Waals surface area contributed by atoms with E-state index in [0.717, 1.165) is 0 Å². The highest BCUT2D eigenvalue weighted by molar-refractivity contribution is 5.99. The molecule has 5 heteroatoms. The zero-order valence-electron chi connectivity index (χ0n) is 8.84. The van der Waals surface area contributed by atoms with E-state index in [4.69, 9.17) is 5.73 Å². The van der Waals surface area contributed by atoms with Crippen molar-refractivity contribution in [3.63, 3.8) is 0 Å². The van der Waals surface area contributed by atoms with Crippen LogP contribution in [-0.4, -0.2) is 17.4 Å². The van der Waals surface area contributed by atoms with Gasteiger partial charge in [0.15, 0.2) is 5.78 Å². The number of benzene rings is 1. The number of Topliss-reactive ketones (excluding diaryl/α,β-unsaturated/α-hetero) is 1. The van der Waals surface area contributed by atoms with Crippen molar-refractivity contribution in [2.75, 3.05) is 6.54 Å². The Labute approximate surface area is 91.9 Å². The predicted molar refractivity (Wildman–Crippen MR) is 55.8 cm³/mol. The number of carbonyl (C=O) groups excluding carboxylic acids is 1. The molecule has 0 aliphatic heterocycles. The molecule has 0 fully saturated rings. The van der Waals surface area contributed by atoms with Gasteiger partial charge in [-0.05, 0) is 31.2 Å². The van der Waals surface area contributed by atoms with E-state index >= 15 is 0 Å². The number of rotatable bonds is 4. The maximum Gasteiger partial charge on any atom is 0.267 e. The summed E-state index contributed by atoms with van der Waals surface area (Å²) in [6, 6.07) is 2.55. The topological polar surface area (TPSA) is 63.3 Å². The minimum absolute atomic E-state index is 0.0275. The first-order valence-corrected chi connectivity index (χ1v) is 4.82. The van der Waals surface area contributed by atoms with Crippen LogP contribution < -0.4 is 5.73 Å². The number of halogens is 2. The molecule has 0 aliphatic rings. The van der Waals surface area contributed by atoms with Crippen LogP contribution in [0.1, 0.15) is 34.3 Å². The highest BCUT2D eigenvalue weighted by Crippen LogP contribution is 2.32. The Kier molecular flexibility index (Phi) is 3.95. The Hall–Kier alpha value is -1.49. The molecule has 88 valence electrons. The van der Waals surface area contributed by atoms with E-state index in [9.17, 15) is 18.7 Å². The van der Waals surface area contributed by atoms with Crippen LogP contribution in [0.15, 0.2) is 12.1 Å². The molecule has 1 aromatic rings. The fraction of sp³-hybridized carbons (Fsp3) is 0.364. The fourth-order valence-corrected chi connectivity index (χ4v) is 1.45. The summed E-state index contributed by atoms with van der Waals surface area (Å²) in [4.78, 5) is 11.5. The van der Waals surface area contributed by atoms with Crippen LogP contribution in [0, 0.1) is 6.92 Å². The summed E-state index contributed by atoms with van der Waals surface area (Å²) in [7, 11) is 0. The third kappa shape index (κ3) is 2.55. The molecule has 0 bridgehead atoms. The molecule has 0 atom stereocenters. The van der Waals surface area contributed by atoms with Gasteiger partial charge in [-0.2, -0.15) is 0 Å². The van der Waals surface area contributed by atoms with Gasteiger partial charge in [0, 0.05) is 6.42 Å². The molecule has 1 rings (SSSR count). The minimum Gasteiger partial charge on any atom is -0.507 e. The molecule has 3 N–H and O–H groups in total. The first kappa shape index (κ1) is 12.6. The Morgan fingerprint density at radius 1 is 1.50 bits per heavy atom. The highest BCUT2D eigenvalue weighted by Gasteiger charge is 2.20. The largest absolute Gasteiger partial charge is 0.507 e. The SMILES string of the molecule is Cc1cc(C(=O)CCN)c(O)c(C(F)F)c1. The number of aromatic hydroxyl groups is 1. The van der Waals surface area contributed by atoms with Gasteiger partial charge >= 0.3 is 0 Å². The summed E-state index contributed by atoms with van der Waals surface area (Å²) >= 11 is 0. The average molecular weight is 229 g/mol. The Bertz CT molecular complexity index is 405. The van der Waals surface area contributed by atoms with E-state index in [1.54, 1.807) is 6.92 Å². The number of phenolic OH excluding ortho intramolecular Hbond substituents is 1. The van der Waals surface area contributed by atoms with Gasteiger partial charge in [-0.3, -0.25) is 4.79 Å². The molecule has 3 nitrogen and oxygen atoms in total. The Morgan fingerprint density at radius 3 is 2.62 bits per heavy atom. The molecule has 0 saturated heterocycles. The van der Waals surface area contributed by atoms with Gasteiger partial charge < -0.3 is 10.8 Å². The van der Waals surface area contributed by atoms with E-state index in [1.807, 2.05) is 0 Å². The second-order valence-electron chi connectivity index (χ2n) is 3.51. The number of hydrogen-bond acceptors (Lipinski definition) is 3. The molecule has 0 saturated carbocycles. The van der Waals surface area contributed by atoms with Crippen molar-refractivity contribution in [3.05, 3.63) is 28.8 Å². The second kappa shape index (κ2) is 5.03.